The van der Waals surface area contributed by atoms with E-state index in [1.54, 1.807) is 12.3 Å². The molecule has 30 heavy (non-hydrogen) atoms. The molecule has 150 valence electrons. The summed E-state index contributed by atoms with van der Waals surface area (Å²) in [4.78, 5) is 50.3. The summed E-state index contributed by atoms with van der Waals surface area (Å²) in [6.07, 6.45) is 3.22. The maximum atomic E-state index is 12.8. The largest absolute Gasteiger partial charge is 0.363 e. The number of amides is 3. The molecule has 0 saturated carbocycles. The van der Waals surface area contributed by atoms with E-state index >= 15 is 0 Å². The van der Waals surface area contributed by atoms with Crippen molar-refractivity contribution in [2.75, 3.05) is 10.6 Å². The number of aromatic amines is 2. The van der Waals surface area contributed by atoms with Gasteiger partial charge in [0.25, 0.3) is 11.8 Å². The minimum Gasteiger partial charge on any atom is -0.363 e. The fourth-order valence-electron chi connectivity index (χ4n) is 2.98. The number of aromatic nitrogens is 4. The Labute approximate surface area is 169 Å². The number of benzene rings is 2. The first-order chi connectivity index (χ1) is 14.5. The van der Waals surface area contributed by atoms with E-state index in [0.29, 0.717) is 16.7 Å². The third-order valence-electron chi connectivity index (χ3n) is 4.29. The fourth-order valence-corrected chi connectivity index (χ4v) is 2.98. The van der Waals surface area contributed by atoms with Crippen LogP contribution in [-0.4, -0.2) is 37.7 Å². The summed E-state index contributed by atoms with van der Waals surface area (Å²) in [5, 5.41) is 5.37. The van der Waals surface area contributed by atoms with Crippen molar-refractivity contribution < 1.29 is 14.4 Å². The van der Waals surface area contributed by atoms with Crippen LogP contribution >= 0.6 is 0 Å². The summed E-state index contributed by atoms with van der Waals surface area (Å²) < 4.78 is 0. The van der Waals surface area contributed by atoms with Gasteiger partial charge < -0.3 is 21.0 Å². The van der Waals surface area contributed by atoms with Crippen LogP contribution in [0, 0.1) is 0 Å². The third-order valence-corrected chi connectivity index (χ3v) is 4.29. The number of rotatable bonds is 6. The molecule has 0 aliphatic carbocycles. The SMILES string of the molecule is NC(=O)c1nc2cc(NC(=O)Cc3ccccc3)cc(C(=O)Nc3ncc[nH]3)c2[nH]1. The number of fused-ring (bicyclic) bond motifs is 1. The number of nitrogens with one attached hydrogen (secondary N) is 4. The molecule has 4 aromatic rings. The molecule has 0 aliphatic heterocycles. The number of hydrogen-bond acceptors (Lipinski definition) is 5. The van der Waals surface area contributed by atoms with Gasteiger partial charge in [-0.05, 0) is 17.7 Å². The number of carbonyl (C=O) groups is 3. The molecule has 0 unspecified atom stereocenters. The van der Waals surface area contributed by atoms with Gasteiger partial charge >= 0.3 is 0 Å². The zero-order valence-corrected chi connectivity index (χ0v) is 15.6. The topological polar surface area (TPSA) is 159 Å². The summed E-state index contributed by atoms with van der Waals surface area (Å²) in [5.41, 5.74) is 7.30. The predicted octanol–water partition coefficient (Wildman–Crippen LogP) is 1.82. The van der Waals surface area contributed by atoms with Gasteiger partial charge in [0.05, 0.1) is 23.0 Å². The van der Waals surface area contributed by atoms with E-state index in [9.17, 15) is 14.4 Å². The zero-order chi connectivity index (χ0) is 21.1. The normalized spacial score (nSPS) is 10.7. The van der Waals surface area contributed by atoms with Crippen molar-refractivity contribution in [3.63, 3.8) is 0 Å². The average molecular weight is 403 g/mol. The molecule has 2 aromatic heterocycles. The van der Waals surface area contributed by atoms with Crippen LogP contribution < -0.4 is 16.4 Å². The van der Waals surface area contributed by atoms with Crippen LogP contribution in [0.25, 0.3) is 11.0 Å². The van der Waals surface area contributed by atoms with Gasteiger partial charge in [-0.25, -0.2) is 9.97 Å². The summed E-state index contributed by atoms with van der Waals surface area (Å²) in [5.74, 6) is -1.37. The Morgan fingerprint density at radius 3 is 2.57 bits per heavy atom. The lowest BCUT2D eigenvalue weighted by atomic mass is 10.1. The van der Waals surface area contributed by atoms with Crippen LogP contribution in [0.1, 0.15) is 26.5 Å². The molecule has 0 bridgehead atoms. The van der Waals surface area contributed by atoms with Crippen molar-refractivity contribution in [2.45, 2.75) is 6.42 Å². The van der Waals surface area contributed by atoms with Crippen molar-refractivity contribution in [1.82, 2.24) is 19.9 Å². The molecule has 0 aliphatic rings. The van der Waals surface area contributed by atoms with E-state index in [0.717, 1.165) is 5.56 Å². The van der Waals surface area contributed by atoms with E-state index in [1.165, 1.54) is 12.3 Å². The van der Waals surface area contributed by atoms with Crippen molar-refractivity contribution in [3.05, 3.63) is 71.8 Å². The monoisotopic (exact) mass is 403 g/mol. The lowest BCUT2D eigenvalue weighted by molar-refractivity contribution is -0.115. The lowest BCUT2D eigenvalue weighted by Gasteiger charge is -2.09. The molecule has 10 heteroatoms. The maximum absolute atomic E-state index is 12.8. The van der Waals surface area contributed by atoms with E-state index < -0.39 is 11.8 Å². The van der Waals surface area contributed by atoms with Crippen LogP contribution in [0.4, 0.5) is 11.6 Å². The predicted molar refractivity (Wildman–Crippen MR) is 110 cm³/mol. The summed E-state index contributed by atoms with van der Waals surface area (Å²) >= 11 is 0. The second-order valence-corrected chi connectivity index (χ2v) is 6.47. The number of H-pyrrole nitrogens is 2. The molecule has 0 atom stereocenters. The number of anilines is 2. The van der Waals surface area contributed by atoms with Gasteiger partial charge in [-0.1, -0.05) is 30.3 Å². The van der Waals surface area contributed by atoms with Gasteiger partial charge in [0, 0.05) is 18.1 Å². The Bertz CT molecular complexity index is 1230. The second-order valence-electron chi connectivity index (χ2n) is 6.47. The average Bonchev–Trinajstić information content (AvgIpc) is 3.37. The third kappa shape index (κ3) is 4.02. The van der Waals surface area contributed by atoms with Gasteiger partial charge in [0.1, 0.15) is 0 Å². The molecule has 0 saturated heterocycles. The van der Waals surface area contributed by atoms with Gasteiger partial charge in [-0.2, -0.15) is 0 Å². The number of nitrogens with two attached hydrogens (primary N) is 1. The minimum absolute atomic E-state index is 0.0928. The van der Waals surface area contributed by atoms with E-state index in [1.807, 2.05) is 30.3 Å². The maximum Gasteiger partial charge on any atom is 0.284 e. The van der Waals surface area contributed by atoms with Crippen LogP contribution in [0.5, 0.6) is 0 Å². The quantitative estimate of drug-likeness (QED) is 0.332. The minimum atomic E-state index is -0.766. The van der Waals surface area contributed by atoms with Gasteiger partial charge in [0.2, 0.25) is 11.9 Å². The lowest BCUT2D eigenvalue weighted by Crippen LogP contribution is -2.17. The van der Waals surface area contributed by atoms with E-state index in [2.05, 4.69) is 30.6 Å². The van der Waals surface area contributed by atoms with Crippen molar-refractivity contribution in [1.29, 1.82) is 0 Å². The smallest absolute Gasteiger partial charge is 0.284 e. The Morgan fingerprint density at radius 1 is 1.07 bits per heavy atom. The first-order valence-electron chi connectivity index (χ1n) is 8.97. The molecule has 0 spiro atoms. The van der Waals surface area contributed by atoms with Crippen LogP contribution in [0.15, 0.2) is 54.9 Å². The van der Waals surface area contributed by atoms with Gasteiger partial charge in [0.15, 0.2) is 5.82 Å². The highest BCUT2D eigenvalue weighted by Gasteiger charge is 2.19. The fraction of sp³-hybridized carbons (Fsp3) is 0.0500. The Hall–Kier alpha value is -4.47. The highest BCUT2D eigenvalue weighted by atomic mass is 16.2. The molecule has 4 rings (SSSR count). The summed E-state index contributed by atoms with van der Waals surface area (Å²) in [6.45, 7) is 0. The number of imidazole rings is 2. The molecule has 2 aromatic carbocycles. The highest BCUT2D eigenvalue weighted by molar-refractivity contribution is 6.13. The Kier molecular flexibility index (Phi) is 4.95. The molecule has 2 heterocycles. The molecule has 10 nitrogen and oxygen atoms in total. The Balaban J connectivity index is 1.66. The van der Waals surface area contributed by atoms with E-state index in [-0.39, 0.29) is 29.7 Å². The number of nitrogens with zero attached hydrogens (tertiary/aromatic N) is 2. The van der Waals surface area contributed by atoms with Crippen molar-refractivity contribution in [2.24, 2.45) is 5.73 Å². The first-order valence-corrected chi connectivity index (χ1v) is 8.97. The van der Waals surface area contributed by atoms with E-state index in [4.69, 9.17) is 5.73 Å². The molecule has 6 N–H and O–H groups in total. The van der Waals surface area contributed by atoms with Crippen molar-refractivity contribution in [3.8, 4) is 0 Å². The van der Waals surface area contributed by atoms with Crippen LogP contribution in [0.2, 0.25) is 0 Å². The number of primary amides is 1. The second kappa shape index (κ2) is 7.87. The van der Waals surface area contributed by atoms with Crippen molar-refractivity contribution >= 4 is 40.4 Å². The summed E-state index contributed by atoms with van der Waals surface area (Å²) in [6, 6.07) is 12.3. The van der Waals surface area contributed by atoms with Gasteiger partial charge in [-0.15, -0.1) is 0 Å². The molecule has 0 fully saturated rings. The zero-order valence-electron chi connectivity index (χ0n) is 15.6. The molecular formula is C20H17N7O3. The number of carbonyl (C=O) groups excluding carboxylic acids is 3. The summed E-state index contributed by atoms with van der Waals surface area (Å²) in [7, 11) is 0. The Morgan fingerprint density at radius 2 is 1.87 bits per heavy atom. The number of hydrogen-bond donors (Lipinski definition) is 5. The molecular weight excluding hydrogens is 386 g/mol. The molecule has 0 radical (unpaired) electrons. The first kappa shape index (κ1) is 18.9. The van der Waals surface area contributed by atoms with Crippen LogP contribution in [0.3, 0.4) is 0 Å². The van der Waals surface area contributed by atoms with Gasteiger partial charge in [-0.3, -0.25) is 19.7 Å². The van der Waals surface area contributed by atoms with Crippen LogP contribution in [-0.2, 0) is 11.2 Å². The molecule has 3 amide bonds. The highest BCUT2D eigenvalue weighted by Crippen LogP contribution is 2.23. The standard InChI is InChI=1S/C20H17N7O3/c21-17(29)18-25-14-10-12(24-15(28)8-11-4-2-1-3-5-11)9-13(16(14)26-18)19(30)27-20-22-6-7-23-20/h1-7,9-10H,8H2,(H2,21,29)(H,24,28)(H,25,26)(H2,22,23,27,30).